The number of nitrogens with two attached hydrogens (primary N) is 1. The molecule has 0 fully saturated rings. The number of pyridine rings is 1. The number of anilines is 1. The van der Waals surface area contributed by atoms with Crippen LogP contribution in [-0.4, -0.2) is 36.1 Å². The molecule has 0 radical (unpaired) electrons. The van der Waals surface area contributed by atoms with E-state index in [4.69, 9.17) is 31.5 Å². The topological polar surface area (TPSA) is 108 Å². The molecule has 0 amide bonds. The summed E-state index contributed by atoms with van der Waals surface area (Å²) in [7, 11) is 4.60. The Morgan fingerprint density at radius 1 is 1.03 bits per heavy atom. The van der Waals surface area contributed by atoms with Crippen LogP contribution >= 0.6 is 11.6 Å². The molecule has 0 spiro atoms. The summed E-state index contributed by atoms with van der Waals surface area (Å²) in [5.74, 6) is 1.46. The standard InChI is InChI=1S/C23H20ClN5O3/c1-12-19-20(13-9-17(30-2)21(32-4)18(10-13)31-3)16(11-25)22(26)27-23(19)29(28-12)15-7-5-14(24)6-8-15/h5-10H,1-4H3,(H2,26,27). The molecule has 4 rings (SSSR count). The lowest BCUT2D eigenvalue weighted by molar-refractivity contribution is 0.324. The lowest BCUT2D eigenvalue weighted by atomic mass is 9.96. The fourth-order valence-corrected chi connectivity index (χ4v) is 3.85. The third-order valence-corrected chi connectivity index (χ3v) is 5.41. The van der Waals surface area contributed by atoms with Crippen molar-refractivity contribution in [2.45, 2.75) is 6.92 Å². The van der Waals surface area contributed by atoms with Crippen molar-refractivity contribution < 1.29 is 14.2 Å². The maximum absolute atomic E-state index is 9.92. The van der Waals surface area contributed by atoms with Crippen LogP contribution in [0, 0.1) is 18.3 Å². The zero-order valence-corrected chi connectivity index (χ0v) is 18.7. The minimum Gasteiger partial charge on any atom is -0.493 e. The van der Waals surface area contributed by atoms with Crippen LogP contribution in [0.5, 0.6) is 17.2 Å². The minimum atomic E-state index is 0.0962. The average Bonchev–Trinajstić information content (AvgIpc) is 3.13. The quantitative estimate of drug-likeness (QED) is 0.476. The highest BCUT2D eigenvalue weighted by Gasteiger charge is 2.24. The highest BCUT2D eigenvalue weighted by Crippen LogP contribution is 2.44. The number of fused-ring (bicyclic) bond motifs is 1. The number of hydrogen-bond donors (Lipinski definition) is 1. The van der Waals surface area contributed by atoms with Gasteiger partial charge in [-0.25, -0.2) is 9.67 Å². The van der Waals surface area contributed by atoms with E-state index in [0.717, 1.165) is 5.69 Å². The van der Waals surface area contributed by atoms with Crippen molar-refractivity contribution in [3.63, 3.8) is 0 Å². The van der Waals surface area contributed by atoms with Gasteiger partial charge in [-0.15, -0.1) is 0 Å². The van der Waals surface area contributed by atoms with E-state index in [0.29, 0.717) is 50.1 Å². The molecule has 4 aromatic rings. The van der Waals surface area contributed by atoms with Crippen LogP contribution in [-0.2, 0) is 0 Å². The Bertz CT molecular complexity index is 1350. The van der Waals surface area contributed by atoms with Crippen molar-refractivity contribution in [1.29, 1.82) is 5.26 Å². The number of rotatable bonds is 5. The fraction of sp³-hybridized carbons (Fsp3) is 0.174. The van der Waals surface area contributed by atoms with Crippen LogP contribution in [0.4, 0.5) is 5.82 Å². The smallest absolute Gasteiger partial charge is 0.203 e. The SMILES string of the molecule is COc1cc(-c2c(C#N)c(N)nc3c2c(C)nn3-c2ccc(Cl)cc2)cc(OC)c1OC. The number of hydrogen-bond acceptors (Lipinski definition) is 7. The van der Waals surface area contributed by atoms with Crippen LogP contribution in [0.3, 0.4) is 0 Å². The summed E-state index contributed by atoms with van der Waals surface area (Å²) in [6, 6.07) is 12.9. The number of benzene rings is 2. The molecule has 162 valence electrons. The molecule has 0 aliphatic heterocycles. The van der Waals surface area contributed by atoms with E-state index >= 15 is 0 Å². The molecule has 9 heteroatoms. The van der Waals surface area contributed by atoms with Gasteiger partial charge in [0.05, 0.1) is 38.1 Å². The monoisotopic (exact) mass is 449 g/mol. The summed E-state index contributed by atoms with van der Waals surface area (Å²) in [4.78, 5) is 4.51. The highest BCUT2D eigenvalue weighted by molar-refractivity contribution is 6.30. The Morgan fingerprint density at radius 3 is 2.19 bits per heavy atom. The van der Waals surface area contributed by atoms with Gasteiger partial charge in [0.2, 0.25) is 5.75 Å². The molecule has 0 aliphatic rings. The van der Waals surface area contributed by atoms with Crippen LogP contribution in [0.2, 0.25) is 5.02 Å². The molecule has 0 bridgehead atoms. The zero-order chi connectivity index (χ0) is 23.0. The number of nitriles is 1. The van der Waals surface area contributed by atoms with E-state index < -0.39 is 0 Å². The third-order valence-electron chi connectivity index (χ3n) is 5.15. The van der Waals surface area contributed by atoms with Crippen molar-refractivity contribution in [3.8, 4) is 40.1 Å². The van der Waals surface area contributed by atoms with Gasteiger partial charge >= 0.3 is 0 Å². The van der Waals surface area contributed by atoms with Crippen molar-refractivity contribution in [3.05, 3.63) is 52.7 Å². The second kappa shape index (κ2) is 8.29. The first-order chi connectivity index (χ1) is 15.4. The molecular formula is C23H20ClN5O3. The molecule has 8 nitrogen and oxygen atoms in total. The predicted molar refractivity (Wildman–Crippen MR) is 123 cm³/mol. The Morgan fingerprint density at radius 2 is 1.66 bits per heavy atom. The maximum Gasteiger partial charge on any atom is 0.203 e. The molecular weight excluding hydrogens is 430 g/mol. The molecule has 0 aliphatic carbocycles. The lowest BCUT2D eigenvalue weighted by Gasteiger charge is -2.16. The molecule has 0 unspecified atom stereocenters. The fourth-order valence-electron chi connectivity index (χ4n) is 3.72. The lowest BCUT2D eigenvalue weighted by Crippen LogP contribution is -2.03. The number of ether oxygens (including phenoxy) is 3. The van der Waals surface area contributed by atoms with E-state index in [1.54, 1.807) is 28.9 Å². The summed E-state index contributed by atoms with van der Waals surface area (Å²) in [6.45, 7) is 1.86. The van der Waals surface area contributed by atoms with Gasteiger partial charge in [0, 0.05) is 10.6 Å². The van der Waals surface area contributed by atoms with Gasteiger partial charge in [0.15, 0.2) is 17.1 Å². The molecule has 0 saturated carbocycles. The number of nitrogens with zero attached hydrogens (tertiary/aromatic N) is 4. The number of aryl methyl sites for hydroxylation is 1. The second-order valence-electron chi connectivity index (χ2n) is 6.95. The Kier molecular flexibility index (Phi) is 5.51. The summed E-state index contributed by atoms with van der Waals surface area (Å²) in [5.41, 5.74) is 9.69. The van der Waals surface area contributed by atoms with Crippen molar-refractivity contribution >= 4 is 28.5 Å². The van der Waals surface area contributed by atoms with Gasteiger partial charge in [-0.3, -0.25) is 0 Å². The van der Waals surface area contributed by atoms with Crippen molar-refractivity contribution in [1.82, 2.24) is 14.8 Å². The normalized spacial score (nSPS) is 10.8. The first kappa shape index (κ1) is 21.3. The number of aromatic nitrogens is 3. The summed E-state index contributed by atoms with van der Waals surface area (Å²) >= 11 is 6.04. The summed E-state index contributed by atoms with van der Waals surface area (Å²) in [6.07, 6.45) is 0. The zero-order valence-electron chi connectivity index (χ0n) is 17.9. The van der Waals surface area contributed by atoms with E-state index in [9.17, 15) is 5.26 Å². The first-order valence-electron chi connectivity index (χ1n) is 9.58. The molecule has 2 heterocycles. The van der Waals surface area contributed by atoms with E-state index in [-0.39, 0.29) is 11.4 Å². The van der Waals surface area contributed by atoms with Crippen LogP contribution in [0.15, 0.2) is 36.4 Å². The van der Waals surface area contributed by atoms with Crippen molar-refractivity contribution in [2.75, 3.05) is 27.1 Å². The van der Waals surface area contributed by atoms with Gasteiger partial charge in [-0.05, 0) is 48.9 Å². The Labute approximate surface area is 189 Å². The number of nitrogen functional groups attached to an aromatic ring is 1. The van der Waals surface area contributed by atoms with Crippen LogP contribution < -0.4 is 19.9 Å². The molecule has 2 aromatic carbocycles. The van der Waals surface area contributed by atoms with E-state index in [2.05, 4.69) is 16.2 Å². The molecule has 32 heavy (non-hydrogen) atoms. The van der Waals surface area contributed by atoms with Crippen LogP contribution in [0.25, 0.3) is 27.8 Å². The predicted octanol–water partition coefficient (Wildman–Crippen LogP) is 4.53. The van der Waals surface area contributed by atoms with Gasteiger partial charge < -0.3 is 19.9 Å². The minimum absolute atomic E-state index is 0.0962. The van der Waals surface area contributed by atoms with Gasteiger partial charge in [0.1, 0.15) is 17.5 Å². The van der Waals surface area contributed by atoms with Gasteiger partial charge in [-0.1, -0.05) is 11.6 Å². The van der Waals surface area contributed by atoms with Crippen molar-refractivity contribution in [2.24, 2.45) is 0 Å². The van der Waals surface area contributed by atoms with Gasteiger partial charge in [0.25, 0.3) is 0 Å². The largest absolute Gasteiger partial charge is 0.493 e. The number of halogens is 1. The van der Waals surface area contributed by atoms with E-state index in [1.165, 1.54) is 21.3 Å². The van der Waals surface area contributed by atoms with Crippen LogP contribution in [0.1, 0.15) is 11.3 Å². The second-order valence-corrected chi connectivity index (χ2v) is 7.38. The first-order valence-corrected chi connectivity index (χ1v) is 9.96. The molecule has 0 atom stereocenters. The summed E-state index contributed by atoms with van der Waals surface area (Å²) < 4.78 is 18.1. The molecule has 2 aromatic heterocycles. The Hall–Kier alpha value is -3.96. The van der Waals surface area contributed by atoms with Gasteiger partial charge in [-0.2, -0.15) is 10.4 Å². The summed E-state index contributed by atoms with van der Waals surface area (Å²) in [5, 5.41) is 15.9. The number of methoxy groups -OCH3 is 3. The third kappa shape index (κ3) is 3.33. The highest BCUT2D eigenvalue weighted by atomic mass is 35.5. The molecule has 2 N–H and O–H groups in total. The van der Waals surface area contributed by atoms with E-state index in [1.807, 2.05) is 19.1 Å². The maximum atomic E-state index is 9.92. The Balaban J connectivity index is 2.10. The average molecular weight is 450 g/mol. The molecule has 0 saturated heterocycles.